The number of ether oxygens (including phenoxy) is 1. The first-order chi connectivity index (χ1) is 12.8. The van der Waals surface area contributed by atoms with Gasteiger partial charge in [-0.15, -0.1) is 0 Å². The number of aromatic amines is 1. The molecule has 0 unspecified atom stereocenters. The van der Waals surface area contributed by atoms with Crippen LogP contribution in [0.5, 0.6) is 5.75 Å². The molecule has 4 aromatic rings. The number of aromatic nitrogens is 5. The standard InChI is InChI=1S/C18H17FN6O2/c1-18(2,3)24-17(26)27-13-8-20-16-15(13)23-14(9-21-16)25-12-5-4-11(19)6-10(12)7-22-25/h4-9H,1-3H3,(H,20,21)(H,24,26). The van der Waals surface area contributed by atoms with Gasteiger partial charge < -0.3 is 15.0 Å². The van der Waals surface area contributed by atoms with E-state index < -0.39 is 11.6 Å². The van der Waals surface area contributed by atoms with Gasteiger partial charge in [-0.05, 0) is 39.0 Å². The molecule has 0 fully saturated rings. The molecule has 4 rings (SSSR count). The van der Waals surface area contributed by atoms with Gasteiger partial charge in [-0.1, -0.05) is 0 Å². The van der Waals surface area contributed by atoms with Crippen LogP contribution in [0, 0.1) is 5.82 Å². The molecule has 1 amide bonds. The number of carbonyl (C=O) groups is 1. The fraction of sp³-hybridized carbons (Fsp3) is 0.222. The van der Waals surface area contributed by atoms with E-state index in [9.17, 15) is 9.18 Å². The Bertz CT molecular complexity index is 1160. The minimum atomic E-state index is -0.587. The monoisotopic (exact) mass is 368 g/mol. The first-order valence-electron chi connectivity index (χ1n) is 8.28. The summed E-state index contributed by atoms with van der Waals surface area (Å²) in [6, 6.07) is 4.37. The number of hydrogen-bond donors (Lipinski definition) is 2. The fourth-order valence-corrected chi connectivity index (χ4v) is 2.66. The summed E-state index contributed by atoms with van der Waals surface area (Å²) < 4.78 is 20.3. The van der Waals surface area contributed by atoms with E-state index in [1.165, 1.54) is 24.5 Å². The highest BCUT2D eigenvalue weighted by atomic mass is 19.1. The largest absolute Gasteiger partial charge is 0.413 e. The topological polar surface area (TPSA) is 97.7 Å². The van der Waals surface area contributed by atoms with E-state index in [0.29, 0.717) is 27.9 Å². The predicted molar refractivity (Wildman–Crippen MR) is 97.4 cm³/mol. The van der Waals surface area contributed by atoms with Crippen LogP contribution in [0.15, 0.2) is 36.8 Å². The number of H-pyrrole nitrogens is 1. The number of halogens is 1. The Hall–Kier alpha value is -3.49. The Labute approximate surface area is 153 Å². The van der Waals surface area contributed by atoms with Gasteiger partial charge in [-0.3, -0.25) is 0 Å². The third kappa shape index (κ3) is 3.31. The number of nitrogens with zero attached hydrogens (tertiary/aromatic N) is 4. The molecule has 8 nitrogen and oxygen atoms in total. The number of amides is 1. The molecule has 0 bridgehead atoms. The summed E-state index contributed by atoms with van der Waals surface area (Å²) in [7, 11) is 0. The van der Waals surface area contributed by atoms with Crippen LogP contribution in [0.3, 0.4) is 0 Å². The van der Waals surface area contributed by atoms with Crippen molar-refractivity contribution < 1.29 is 13.9 Å². The molecule has 9 heteroatoms. The van der Waals surface area contributed by atoms with Gasteiger partial charge in [0.15, 0.2) is 22.7 Å². The van der Waals surface area contributed by atoms with E-state index in [0.717, 1.165) is 0 Å². The van der Waals surface area contributed by atoms with Gasteiger partial charge in [0.05, 0.1) is 17.9 Å². The summed E-state index contributed by atoms with van der Waals surface area (Å²) in [6.45, 7) is 5.56. The highest BCUT2D eigenvalue weighted by Crippen LogP contribution is 2.25. The number of hydrogen-bond acceptors (Lipinski definition) is 5. The second kappa shape index (κ2) is 6.04. The molecule has 0 spiro atoms. The zero-order chi connectivity index (χ0) is 19.2. The van der Waals surface area contributed by atoms with Crippen molar-refractivity contribution >= 4 is 28.2 Å². The third-order valence-electron chi connectivity index (χ3n) is 3.76. The van der Waals surface area contributed by atoms with Crippen LogP contribution in [0.25, 0.3) is 27.9 Å². The highest BCUT2D eigenvalue weighted by molar-refractivity contribution is 5.84. The molecule has 3 aromatic heterocycles. The first kappa shape index (κ1) is 17.0. The fourth-order valence-electron chi connectivity index (χ4n) is 2.66. The Morgan fingerprint density at radius 2 is 2.11 bits per heavy atom. The number of benzene rings is 1. The summed E-state index contributed by atoms with van der Waals surface area (Å²) >= 11 is 0. The molecule has 27 heavy (non-hydrogen) atoms. The summed E-state index contributed by atoms with van der Waals surface area (Å²) in [6.07, 6.45) is 4.02. The van der Waals surface area contributed by atoms with Crippen LogP contribution >= 0.6 is 0 Å². The Balaban J connectivity index is 1.72. The Morgan fingerprint density at radius 3 is 2.89 bits per heavy atom. The average molecular weight is 368 g/mol. The average Bonchev–Trinajstić information content (AvgIpc) is 3.16. The third-order valence-corrected chi connectivity index (χ3v) is 3.76. The van der Waals surface area contributed by atoms with Crippen LogP contribution in [-0.4, -0.2) is 36.4 Å². The van der Waals surface area contributed by atoms with Gasteiger partial charge in [-0.25, -0.2) is 23.8 Å². The molecular formula is C18H17FN6O2. The lowest BCUT2D eigenvalue weighted by Crippen LogP contribution is -2.42. The van der Waals surface area contributed by atoms with E-state index in [2.05, 4.69) is 25.4 Å². The summed E-state index contributed by atoms with van der Waals surface area (Å²) in [4.78, 5) is 23.8. The number of nitrogens with one attached hydrogen (secondary N) is 2. The van der Waals surface area contributed by atoms with Crippen LogP contribution in [0.1, 0.15) is 20.8 Å². The van der Waals surface area contributed by atoms with Crippen LogP contribution in [-0.2, 0) is 0 Å². The number of carbonyl (C=O) groups excluding carboxylic acids is 1. The summed E-state index contributed by atoms with van der Waals surface area (Å²) in [5, 5.41) is 7.62. The lowest BCUT2D eigenvalue weighted by Gasteiger charge is -2.19. The lowest BCUT2D eigenvalue weighted by atomic mass is 10.1. The van der Waals surface area contributed by atoms with Crippen molar-refractivity contribution in [3.63, 3.8) is 0 Å². The minimum absolute atomic E-state index is 0.253. The molecule has 1 aromatic carbocycles. The minimum Gasteiger partial charge on any atom is -0.406 e. The van der Waals surface area contributed by atoms with Crippen molar-refractivity contribution in [3.8, 4) is 11.6 Å². The van der Waals surface area contributed by atoms with E-state index in [-0.39, 0.29) is 11.6 Å². The van der Waals surface area contributed by atoms with Gasteiger partial charge in [0.25, 0.3) is 0 Å². The Morgan fingerprint density at radius 1 is 1.30 bits per heavy atom. The molecule has 0 radical (unpaired) electrons. The smallest absolute Gasteiger partial charge is 0.406 e. The molecular weight excluding hydrogens is 351 g/mol. The summed E-state index contributed by atoms with van der Waals surface area (Å²) in [5.74, 6) is 0.336. The van der Waals surface area contributed by atoms with Gasteiger partial charge in [-0.2, -0.15) is 5.10 Å². The molecule has 3 heterocycles. The van der Waals surface area contributed by atoms with Crippen molar-refractivity contribution in [1.82, 2.24) is 30.0 Å². The lowest BCUT2D eigenvalue weighted by molar-refractivity contribution is 0.191. The van der Waals surface area contributed by atoms with Gasteiger partial charge in [0.1, 0.15) is 5.82 Å². The van der Waals surface area contributed by atoms with E-state index in [1.807, 2.05) is 20.8 Å². The molecule has 0 atom stereocenters. The van der Waals surface area contributed by atoms with E-state index in [4.69, 9.17) is 4.74 Å². The normalized spacial score (nSPS) is 11.9. The van der Waals surface area contributed by atoms with E-state index in [1.54, 1.807) is 16.9 Å². The van der Waals surface area contributed by atoms with Crippen molar-refractivity contribution in [1.29, 1.82) is 0 Å². The molecule has 2 N–H and O–H groups in total. The zero-order valence-electron chi connectivity index (χ0n) is 14.9. The van der Waals surface area contributed by atoms with Crippen molar-refractivity contribution in [2.75, 3.05) is 0 Å². The quantitative estimate of drug-likeness (QED) is 0.566. The molecule has 0 aliphatic heterocycles. The number of rotatable bonds is 2. The highest BCUT2D eigenvalue weighted by Gasteiger charge is 2.18. The van der Waals surface area contributed by atoms with Gasteiger partial charge in [0.2, 0.25) is 0 Å². The second-order valence-corrected chi connectivity index (χ2v) is 7.10. The number of fused-ring (bicyclic) bond motifs is 2. The maximum absolute atomic E-state index is 13.4. The molecule has 0 aliphatic carbocycles. The van der Waals surface area contributed by atoms with Crippen LogP contribution < -0.4 is 10.1 Å². The van der Waals surface area contributed by atoms with Gasteiger partial charge in [0, 0.05) is 17.1 Å². The maximum atomic E-state index is 13.4. The first-order valence-corrected chi connectivity index (χ1v) is 8.28. The summed E-state index contributed by atoms with van der Waals surface area (Å²) in [5.41, 5.74) is 1.12. The van der Waals surface area contributed by atoms with Crippen molar-refractivity contribution in [3.05, 3.63) is 42.6 Å². The molecule has 0 aliphatic rings. The van der Waals surface area contributed by atoms with Crippen LogP contribution in [0.4, 0.5) is 9.18 Å². The molecule has 138 valence electrons. The van der Waals surface area contributed by atoms with E-state index >= 15 is 0 Å². The van der Waals surface area contributed by atoms with Crippen molar-refractivity contribution in [2.45, 2.75) is 26.3 Å². The Kier molecular flexibility index (Phi) is 3.79. The molecule has 0 saturated heterocycles. The molecule has 0 saturated carbocycles. The SMILES string of the molecule is CC(C)(C)NC(=O)Oc1c[nH]c2ncc(-n3ncc4cc(F)ccc43)nc12. The zero-order valence-corrected chi connectivity index (χ0v) is 14.9. The van der Waals surface area contributed by atoms with Crippen molar-refractivity contribution in [2.24, 2.45) is 0 Å². The predicted octanol–water partition coefficient (Wildman–Crippen LogP) is 3.32. The second-order valence-electron chi connectivity index (χ2n) is 7.10. The van der Waals surface area contributed by atoms with Gasteiger partial charge >= 0.3 is 6.09 Å². The maximum Gasteiger partial charge on any atom is 0.413 e. The van der Waals surface area contributed by atoms with Crippen LogP contribution in [0.2, 0.25) is 0 Å².